The predicted octanol–water partition coefficient (Wildman–Crippen LogP) is -0.231. The molecule has 0 saturated heterocycles. The number of benzene rings is 1. The van der Waals surface area contributed by atoms with Crippen LogP contribution in [0.15, 0.2) is 24.3 Å². The molecular weight excluding hydrogens is 482 g/mol. The third kappa shape index (κ3) is 10.5. The summed E-state index contributed by atoms with van der Waals surface area (Å²) < 4.78 is 0. The van der Waals surface area contributed by atoms with Gasteiger partial charge in [-0.3, -0.25) is 19.2 Å². The molecule has 0 radical (unpaired) electrons. The Balaban J connectivity index is 3.03. The maximum Gasteiger partial charge on any atom is 0.326 e. The van der Waals surface area contributed by atoms with Crippen LogP contribution in [0.2, 0.25) is 0 Å². The summed E-state index contributed by atoms with van der Waals surface area (Å²) in [5.41, 5.74) is 11.9. The van der Waals surface area contributed by atoms with Crippen molar-refractivity contribution in [2.45, 2.75) is 77.5 Å². The van der Waals surface area contributed by atoms with Gasteiger partial charge in [-0.1, -0.05) is 46.2 Å². The van der Waals surface area contributed by atoms with Crippen LogP contribution in [-0.2, 0) is 30.4 Å². The maximum absolute atomic E-state index is 13.2. The minimum atomic E-state index is -1.22. The molecule has 12 heteroatoms. The van der Waals surface area contributed by atoms with E-state index in [-0.39, 0.29) is 30.9 Å². The summed E-state index contributed by atoms with van der Waals surface area (Å²) in [4.78, 5) is 61.8. The topological polar surface area (TPSA) is 214 Å². The van der Waals surface area contributed by atoms with Crippen LogP contribution in [0.1, 0.15) is 52.5 Å². The molecule has 12 nitrogen and oxygen atoms in total. The molecule has 37 heavy (non-hydrogen) atoms. The first-order valence-corrected chi connectivity index (χ1v) is 12.2. The molecule has 1 aromatic carbocycles. The Hall–Kier alpha value is -3.67. The van der Waals surface area contributed by atoms with E-state index in [1.54, 1.807) is 32.9 Å². The van der Waals surface area contributed by atoms with Crippen molar-refractivity contribution in [3.05, 3.63) is 29.8 Å². The first-order valence-electron chi connectivity index (χ1n) is 12.2. The number of nitrogens with one attached hydrogen (secondary N) is 3. The van der Waals surface area contributed by atoms with Crippen LogP contribution in [0.3, 0.4) is 0 Å². The second kappa shape index (κ2) is 14.8. The summed E-state index contributed by atoms with van der Waals surface area (Å²) in [6.07, 6.45) is 0.283. The van der Waals surface area contributed by atoms with Crippen molar-refractivity contribution in [2.24, 2.45) is 23.3 Å². The van der Waals surface area contributed by atoms with E-state index in [9.17, 15) is 34.2 Å². The number of phenolic OH excluding ortho intramolecular Hbond substituents is 1. The SMILES string of the molecule is CCC(C)C(NC(=O)C(CCC(N)=O)NC(=O)C(N)Cc1ccc(O)cc1)C(=O)NC(C(=O)O)C(C)C. The smallest absolute Gasteiger partial charge is 0.326 e. The van der Waals surface area contributed by atoms with Gasteiger partial charge in [-0.2, -0.15) is 0 Å². The van der Waals surface area contributed by atoms with Gasteiger partial charge in [0, 0.05) is 6.42 Å². The van der Waals surface area contributed by atoms with E-state index in [0.29, 0.717) is 12.0 Å². The van der Waals surface area contributed by atoms with E-state index in [0.717, 1.165) is 0 Å². The van der Waals surface area contributed by atoms with Crippen molar-refractivity contribution in [3.63, 3.8) is 0 Å². The molecular formula is C25H39N5O7. The molecule has 9 N–H and O–H groups in total. The van der Waals surface area contributed by atoms with Gasteiger partial charge in [0.1, 0.15) is 23.9 Å². The molecule has 5 atom stereocenters. The van der Waals surface area contributed by atoms with E-state index in [1.165, 1.54) is 12.1 Å². The molecule has 0 fully saturated rings. The van der Waals surface area contributed by atoms with Gasteiger partial charge in [-0.25, -0.2) is 4.79 Å². The lowest BCUT2D eigenvalue weighted by Gasteiger charge is -2.28. The highest BCUT2D eigenvalue weighted by Crippen LogP contribution is 2.13. The van der Waals surface area contributed by atoms with E-state index in [2.05, 4.69) is 16.0 Å². The van der Waals surface area contributed by atoms with Crippen LogP contribution < -0.4 is 27.4 Å². The highest BCUT2D eigenvalue weighted by molar-refractivity contribution is 5.94. The van der Waals surface area contributed by atoms with Crippen LogP contribution >= 0.6 is 0 Å². The van der Waals surface area contributed by atoms with E-state index >= 15 is 0 Å². The molecule has 0 aliphatic carbocycles. The number of carbonyl (C=O) groups is 5. The highest BCUT2D eigenvalue weighted by atomic mass is 16.4. The summed E-state index contributed by atoms with van der Waals surface area (Å²) in [6, 6.07) is 1.63. The highest BCUT2D eigenvalue weighted by Gasteiger charge is 2.33. The summed E-state index contributed by atoms with van der Waals surface area (Å²) in [5, 5.41) is 26.4. The Kier molecular flexibility index (Phi) is 12.5. The number of rotatable bonds is 15. The van der Waals surface area contributed by atoms with Gasteiger partial charge >= 0.3 is 5.97 Å². The van der Waals surface area contributed by atoms with E-state index in [4.69, 9.17) is 11.5 Å². The van der Waals surface area contributed by atoms with Gasteiger partial charge in [-0.15, -0.1) is 0 Å². The first-order chi connectivity index (χ1) is 17.3. The number of primary amides is 1. The zero-order valence-electron chi connectivity index (χ0n) is 21.7. The van der Waals surface area contributed by atoms with E-state index < -0.39 is 59.7 Å². The lowest BCUT2D eigenvalue weighted by Crippen LogP contribution is -2.59. The van der Waals surface area contributed by atoms with Gasteiger partial charge in [0.25, 0.3) is 0 Å². The Morgan fingerprint density at radius 1 is 0.892 bits per heavy atom. The quantitative estimate of drug-likeness (QED) is 0.163. The average Bonchev–Trinajstić information content (AvgIpc) is 2.83. The van der Waals surface area contributed by atoms with Gasteiger partial charge in [0.05, 0.1) is 6.04 Å². The third-order valence-corrected chi connectivity index (χ3v) is 6.06. The molecule has 0 heterocycles. The van der Waals surface area contributed by atoms with Gasteiger partial charge in [0.15, 0.2) is 0 Å². The number of carbonyl (C=O) groups excluding carboxylic acids is 4. The summed E-state index contributed by atoms with van der Waals surface area (Å²) in [7, 11) is 0. The second-order valence-electron chi connectivity index (χ2n) is 9.48. The zero-order chi connectivity index (χ0) is 28.3. The number of carboxylic acids is 1. The molecule has 1 rings (SSSR count). The third-order valence-electron chi connectivity index (χ3n) is 6.06. The van der Waals surface area contributed by atoms with Crippen LogP contribution in [0.25, 0.3) is 0 Å². The minimum Gasteiger partial charge on any atom is -0.508 e. The number of hydrogen-bond donors (Lipinski definition) is 7. The fourth-order valence-corrected chi connectivity index (χ4v) is 3.53. The number of phenols is 1. The lowest BCUT2D eigenvalue weighted by atomic mass is 9.96. The van der Waals surface area contributed by atoms with Crippen LogP contribution in [0.5, 0.6) is 5.75 Å². The molecule has 0 bridgehead atoms. The molecule has 206 valence electrons. The molecule has 0 aliphatic rings. The molecule has 0 spiro atoms. The van der Waals surface area contributed by atoms with Crippen molar-refractivity contribution in [3.8, 4) is 5.75 Å². The number of hydrogen-bond acceptors (Lipinski definition) is 7. The maximum atomic E-state index is 13.2. The van der Waals surface area contributed by atoms with Crippen molar-refractivity contribution in [1.29, 1.82) is 0 Å². The van der Waals surface area contributed by atoms with Gasteiger partial charge < -0.3 is 37.6 Å². The monoisotopic (exact) mass is 521 g/mol. The Morgan fingerprint density at radius 2 is 1.46 bits per heavy atom. The molecule has 0 aromatic heterocycles. The summed E-state index contributed by atoms with van der Waals surface area (Å²) in [5.74, 6) is -4.65. The number of amides is 4. The van der Waals surface area contributed by atoms with Gasteiger partial charge in [0.2, 0.25) is 23.6 Å². The molecule has 0 saturated carbocycles. The molecule has 4 amide bonds. The zero-order valence-corrected chi connectivity index (χ0v) is 21.7. The lowest BCUT2D eigenvalue weighted by molar-refractivity contribution is -0.144. The van der Waals surface area contributed by atoms with Crippen LogP contribution in [0, 0.1) is 11.8 Å². The summed E-state index contributed by atoms with van der Waals surface area (Å²) >= 11 is 0. The molecule has 1 aromatic rings. The average molecular weight is 522 g/mol. The number of nitrogens with two attached hydrogens (primary N) is 2. The Labute approximate surface area is 216 Å². The fraction of sp³-hybridized carbons (Fsp3) is 0.560. The molecule has 5 unspecified atom stereocenters. The Morgan fingerprint density at radius 3 is 1.95 bits per heavy atom. The fourth-order valence-electron chi connectivity index (χ4n) is 3.53. The van der Waals surface area contributed by atoms with Crippen molar-refractivity contribution >= 4 is 29.6 Å². The number of aromatic hydroxyl groups is 1. The minimum absolute atomic E-state index is 0.0629. The number of aliphatic carboxylic acids is 1. The normalized spacial score (nSPS) is 15.1. The Bertz CT molecular complexity index is 951. The van der Waals surface area contributed by atoms with Crippen molar-refractivity contribution in [1.82, 2.24) is 16.0 Å². The van der Waals surface area contributed by atoms with E-state index in [1.807, 2.05) is 6.92 Å². The standard InChI is InChI=1S/C25H39N5O7/c1-5-14(4)21(24(35)29-20(13(2)3)25(36)37)30-23(34)18(10-11-19(27)32)28-22(33)17(26)12-15-6-8-16(31)9-7-15/h6-9,13-14,17-18,20-21,31H,5,10-12,26H2,1-4H3,(H2,27,32)(H,28,33)(H,29,35)(H,30,34)(H,36,37). The van der Waals surface area contributed by atoms with Crippen LogP contribution in [0.4, 0.5) is 0 Å². The second-order valence-corrected chi connectivity index (χ2v) is 9.48. The first kappa shape index (κ1) is 31.4. The van der Waals surface area contributed by atoms with Crippen molar-refractivity contribution < 1.29 is 34.2 Å². The summed E-state index contributed by atoms with van der Waals surface area (Å²) in [6.45, 7) is 6.82. The van der Waals surface area contributed by atoms with Crippen LogP contribution in [-0.4, -0.2) is 64.0 Å². The largest absolute Gasteiger partial charge is 0.508 e. The van der Waals surface area contributed by atoms with Crippen molar-refractivity contribution in [2.75, 3.05) is 0 Å². The predicted molar refractivity (Wildman–Crippen MR) is 136 cm³/mol. The number of carboxylic acid groups (broad SMARTS) is 1. The molecule has 0 aliphatic heterocycles. The van der Waals surface area contributed by atoms with Gasteiger partial charge in [-0.05, 0) is 42.4 Å².